The van der Waals surface area contributed by atoms with Crippen LogP contribution in [-0.2, 0) is 4.74 Å². The molecule has 3 rings (SSSR count). The fraction of sp³-hybridized carbons (Fsp3) is 0.120. The number of aromatic carboxylic acids is 1. The molecule has 0 radical (unpaired) electrons. The molecule has 0 spiro atoms. The number of carboxylic acid groups (broad SMARTS) is 1. The van der Waals surface area contributed by atoms with Crippen molar-refractivity contribution < 1.29 is 38.7 Å². The van der Waals surface area contributed by atoms with Crippen molar-refractivity contribution in [2.45, 2.75) is 13.8 Å². The zero-order valence-corrected chi connectivity index (χ0v) is 18.8. The summed E-state index contributed by atoms with van der Waals surface area (Å²) in [5.41, 5.74) is -0.334. The molecule has 0 saturated carbocycles. The fourth-order valence-corrected chi connectivity index (χ4v) is 2.89. The van der Waals surface area contributed by atoms with Crippen molar-refractivity contribution in [1.29, 1.82) is 0 Å². The summed E-state index contributed by atoms with van der Waals surface area (Å²) in [6.45, 7) is 3.44. The highest BCUT2D eigenvalue weighted by molar-refractivity contribution is 6.05. The standard InChI is InChI=1S/C16H13NO6.C9H8O3/c1-2-22-14-10-6-4-8-12(14)16(19)23-15(18)11-7-3-5-9-13(11)17(20)21;1-6(10)7-4-2-3-5-8(7)9(11)12/h3-10H,2H2,1H3;2-5H,1H3,(H,11,12). The van der Waals surface area contributed by atoms with E-state index in [4.69, 9.17) is 14.6 Å². The van der Waals surface area contributed by atoms with Crippen LogP contribution >= 0.6 is 0 Å². The van der Waals surface area contributed by atoms with E-state index in [1.165, 1.54) is 43.3 Å². The Morgan fingerprint density at radius 3 is 1.80 bits per heavy atom. The van der Waals surface area contributed by atoms with Gasteiger partial charge in [0.15, 0.2) is 5.78 Å². The van der Waals surface area contributed by atoms with Crippen LogP contribution in [0, 0.1) is 10.1 Å². The molecule has 0 aliphatic heterocycles. The molecule has 1 N–H and O–H groups in total. The van der Waals surface area contributed by atoms with E-state index >= 15 is 0 Å². The molecule has 3 aromatic rings. The lowest BCUT2D eigenvalue weighted by Gasteiger charge is -2.09. The van der Waals surface area contributed by atoms with Gasteiger partial charge in [-0.2, -0.15) is 0 Å². The molecule has 0 bridgehead atoms. The first-order chi connectivity index (χ1) is 16.7. The molecule has 3 aromatic carbocycles. The first kappa shape index (κ1) is 26.4. The van der Waals surface area contributed by atoms with E-state index in [0.29, 0.717) is 6.61 Å². The largest absolute Gasteiger partial charge is 0.493 e. The maximum absolute atomic E-state index is 12.1. The van der Waals surface area contributed by atoms with Gasteiger partial charge in [-0.25, -0.2) is 14.4 Å². The summed E-state index contributed by atoms with van der Waals surface area (Å²) < 4.78 is 10.0. The summed E-state index contributed by atoms with van der Waals surface area (Å²) in [5.74, 6) is -3.05. The molecule has 0 aromatic heterocycles. The van der Waals surface area contributed by atoms with Crippen LogP contribution in [0.4, 0.5) is 5.69 Å². The van der Waals surface area contributed by atoms with Gasteiger partial charge in [0.05, 0.1) is 17.1 Å². The van der Waals surface area contributed by atoms with Crippen LogP contribution in [0.3, 0.4) is 0 Å². The second-order valence-corrected chi connectivity index (χ2v) is 6.79. The molecular formula is C25H21NO9. The van der Waals surface area contributed by atoms with Gasteiger partial charge in [-0.05, 0) is 38.1 Å². The number of carbonyl (C=O) groups excluding carboxylic acids is 3. The maximum Gasteiger partial charge on any atom is 0.353 e. The van der Waals surface area contributed by atoms with Gasteiger partial charge in [0.2, 0.25) is 0 Å². The highest BCUT2D eigenvalue weighted by Gasteiger charge is 2.24. The van der Waals surface area contributed by atoms with E-state index in [9.17, 15) is 29.3 Å². The summed E-state index contributed by atoms with van der Waals surface area (Å²) in [6.07, 6.45) is 0. The second-order valence-electron chi connectivity index (χ2n) is 6.79. The Morgan fingerprint density at radius 2 is 1.29 bits per heavy atom. The number of carboxylic acids is 1. The van der Waals surface area contributed by atoms with Crippen molar-refractivity contribution in [2.24, 2.45) is 0 Å². The third kappa shape index (κ3) is 7.06. The minimum Gasteiger partial charge on any atom is -0.493 e. The number of benzene rings is 3. The van der Waals surface area contributed by atoms with Crippen LogP contribution in [0.5, 0.6) is 5.75 Å². The molecule has 0 amide bonds. The minimum atomic E-state index is -1.09. The summed E-state index contributed by atoms with van der Waals surface area (Å²) in [6, 6.07) is 17.7. The molecule has 10 nitrogen and oxygen atoms in total. The van der Waals surface area contributed by atoms with Crippen LogP contribution in [-0.4, -0.2) is 40.3 Å². The molecule has 180 valence electrons. The van der Waals surface area contributed by atoms with E-state index in [2.05, 4.69) is 0 Å². The number of nitrogens with zero attached hydrogens (tertiary/aromatic N) is 1. The number of hydrogen-bond donors (Lipinski definition) is 1. The maximum atomic E-state index is 12.1. The molecule has 35 heavy (non-hydrogen) atoms. The number of carbonyl (C=O) groups is 4. The van der Waals surface area contributed by atoms with Crippen LogP contribution in [0.15, 0.2) is 72.8 Å². The van der Waals surface area contributed by atoms with E-state index in [1.54, 1.807) is 37.3 Å². The van der Waals surface area contributed by atoms with E-state index in [-0.39, 0.29) is 33.8 Å². The summed E-state index contributed by atoms with van der Waals surface area (Å²) in [5, 5.41) is 19.6. The highest BCUT2D eigenvalue weighted by atomic mass is 16.6. The minimum absolute atomic E-state index is 0.0602. The predicted octanol–water partition coefficient (Wildman–Crippen LogP) is 4.58. The number of ketones is 1. The number of Topliss-reactive ketones (excluding diaryl/α,β-unsaturated/α-hetero) is 1. The smallest absolute Gasteiger partial charge is 0.353 e. The average molecular weight is 479 g/mol. The van der Waals surface area contributed by atoms with Gasteiger partial charge >= 0.3 is 17.9 Å². The quantitative estimate of drug-likeness (QED) is 0.169. The molecule has 10 heteroatoms. The van der Waals surface area contributed by atoms with Gasteiger partial charge in [0, 0.05) is 11.6 Å². The third-order valence-corrected chi connectivity index (χ3v) is 4.45. The Labute approximate surface area is 199 Å². The van der Waals surface area contributed by atoms with Crippen LogP contribution in [0.2, 0.25) is 0 Å². The molecule has 0 aliphatic carbocycles. The molecule has 0 fully saturated rings. The van der Waals surface area contributed by atoms with E-state index in [1.807, 2.05) is 0 Å². The number of rotatable bonds is 7. The molecule has 0 heterocycles. The lowest BCUT2D eigenvalue weighted by molar-refractivity contribution is -0.385. The average Bonchev–Trinajstić information content (AvgIpc) is 2.84. The molecule has 0 aliphatic rings. The molecular weight excluding hydrogens is 458 g/mol. The number of nitro groups is 1. The molecule has 0 unspecified atom stereocenters. The zero-order chi connectivity index (χ0) is 26.0. The SMILES string of the molecule is CC(=O)c1ccccc1C(=O)O.CCOc1ccccc1C(=O)OC(=O)c1ccccc1[N+](=O)[O-]. The third-order valence-electron chi connectivity index (χ3n) is 4.45. The number of hydrogen-bond acceptors (Lipinski definition) is 8. The van der Waals surface area contributed by atoms with Gasteiger partial charge < -0.3 is 14.6 Å². The summed E-state index contributed by atoms with van der Waals surface area (Å²) in [4.78, 5) is 55.8. The Balaban J connectivity index is 0.000000303. The van der Waals surface area contributed by atoms with Crippen LogP contribution < -0.4 is 4.74 Å². The topological polar surface area (TPSA) is 150 Å². The van der Waals surface area contributed by atoms with Gasteiger partial charge in [-0.1, -0.05) is 42.5 Å². The number of ether oxygens (including phenoxy) is 2. The van der Waals surface area contributed by atoms with Crippen LogP contribution in [0.1, 0.15) is 55.3 Å². The van der Waals surface area contributed by atoms with E-state index < -0.39 is 28.5 Å². The molecule has 0 atom stereocenters. The van der Waals surface area contributed by atoms with Crippen molar-refractivity contribution in [3.63, 3.8) is 0 Å². The summed E-state index contributed by atoms with van der Waals surface area (Å²) >= 11 is 0. The van der Waals surface area contributed by atoms with Gasteiger partial charge in [0.25, 0.3) is 5.69 Å². The first-order valence-corrected chi connectivity index (χ1v) is 10.2. The molecule has 0 saturated heterocycles. The van der Waals surface area contributed by atoms with Crippen LogP contribution in [0.25, 0.3) is 0 Å². The highest BCUT2D eigenvalue weighted by Crippen LogP contribution is 2.22. The Morgan fingerprint density at radius 1 is 0.800 bits per heavy atom. The fourth-order valence-electron chi connectivity index (χ4n) is 2.89. The van der Waals surface area contributed by atoms with Gasteiger partial charge in [-0.15, -0.1) is 0 Å². The van der Waals surface area contributed by atoms with Crippen molar-refractivity contribution in [3.8, 4) is 5.75 Å². The zero-order valence-electron chi connectivity index (χ0n) is 18.8. The van der Waals surface area contributed by atoms with Crippen molar-refractivity contribution >= 4 is 29.4 Å². The van der Waals surface area contributed by atoms with Gasteiger partial charge in [0.1, 0.15) is 16.9 Å². The predicted molar refractivity (Wildman–Crippen MR) is 124 cm³/mol. The van der Waals surface area contributed by atoms with E-state index in [0.717, 1.165) is 6.07 Å². The lowest BCUT2D eigenvalue weighted by Crippen LogP contribution is -2.15. The lowest BCUT2D eigenvalue weighted by atomic mass is 10.1. The number of nitro benzene ring substituents is 1. The monoisotopic (exact) mass is 479 g/mol. The Kier molecular flexibility index (Phi) is 9.35. The number of para-hydroxylation sites is 2. The van der Waals surface area contributed by atoms with Crippen molar-refractivity contribution in [3.05, 3.63) is 105 Å². The second kappa shape index (κ2) is 12.4. The number of esters is 2. The van der Waals surface area contributed by atoms with Gasteiger partial charge in [-0.3, -0.25) is 14.9 Å². The Hall–Kier alpha value is -4.86. The first-order valence-electron chi connectivity index (χ1n) is 10.2. The normalized spacial score (nSPS) is 9.77. The summed E-state index contributed by atoms with van der Waals surface area (Å²) in [7, 11) is 0. The Bertz CT molecular complexity index is 1230. The van der Waals surface area contributed by atoms with Crippen molar-refractivity contribution in [1.82, 2.24) is 0 Å². The van der Waals surface area contributed by atoms with Crippen molar-refractivity contribution in [2.75, 3.05) is 6.61 Å².